The smallest absolute Gasteiger partial charge is 0.234 e. The van der Waals surface area contributed by atoms with Gasteiger partial charge in [0, 0.05) is 21.3 Å². The molecule has 1 atom stereocenters. The number of carbonyl (C=O) groups is 1. The molecule has 1 unspecified atom stereocenters. The van der Waals surface area contributed by atoms with Crippen molar-refractivity contribution < 1.29 is 4.79 Å². The molecule has 0 aromatic carbocycles. The standard InChI is InChI=1S/C14H24N2OS/c1-9-7-12(11(3)18-9)10(2)15-8-13(17)16-14(4,5)6/h7,10,15H,8H2,1-6H3,(H,16,17). The molecular weight excluding hydrogens is 244 g/mol. The molecule has 102 valence electrons. The van der Waals surface area contributed by atoms with E-state index in [0.29, 0.717) is 6.54 Å². The number of aryl methyl sites for hydroxylation is 2. The minimum absolute atomic E-state index is 0.0407. The molecule has 1 aromatic heterocycles. The monoisotopic (exact) mass is 268 g/mol. The second-order valence-electron chi connectivity index (χ2n) is 5.77. The summed E-state index contributed by atoms with van der Waals surface area (Å²) in [4.78, 5) is 14.4. The largest absolute Gasteiger partial charge is 0.350 e. The van der Waals surface area contributed by atoms with Crippen LogP contribution in [0, 0.1) is 13.8 Å². The highest BCUT2D eigenvalue weighted by molar-refractivity contribution is 7.12. The number of amides is 1. The molecule has 1 amide bonds. The summed E-state index contributed by atoms with van der Waals surface area (Å²) in [5.41, 5.74) is 1.12. The van der Waals surface area contributed by atoms with Gasteiger partial charge in [-0.15, -0.1) is 11.3 Å². The van der Waals surface area contributed by atoms with E-state index in [1.54, 1.807) is 11.3 Å². The van der Waals surface area contributed by atoms with E-state index in [-0.39, 0.29) is 17.5 Å². The quantitative estimate of drug-likeness (QED) is 0.881. The third-order valence-corrected chi connectivity index (χ3v) is 3.61. The number of carbonyl (C=O) groups excluding carboxylic acids is 1. The predicted molar refractivity (Wildman–Crippen MR) is 78.1 cm³/mol. The van der Waals surface area contributed by atoms with Gasteiger partial charge >= 0.3 is 0 Å². The van der Waals surface area contributed by atoms with Gasteiger partial charge < -0.3 is 10.6 Å². The molecule has 0 saturated carbocycles. The van der Waals surface area contributed by atoms with E-state index in [9.17, 15) is 4.79 Å². The zero-order chi connectivity index (χ0) is 13.9. The van der Waals surface area contributed by atoms with Crippen molar-refractivity contribution in [2.24, 2.45) is 0 Å². The van der Waals surface area contributed by atoms with Crippen LogP contribution in [-0.4, -0.2) is 18.0 Å². The molecule has 0 aliphatic heterocycles. The van der Waals surface area contributed by atoms with Crippen LogP contribution >= 0.6 is 11.3 Å². The Kier molecular flexibility index (Phi) is 4.93. The van der Waals surface area contributed by atoms with E-state index in [2.05, 4.69) is 37.5 Å². The fourth-order valence-electron chi connectivity index (χ4n) is 1.90. The van der Waals surface area contributed by atoms with Crippen LogP contribution in [0.25, 0.3) is 0 Å². The fraction of sp³-hybridized carbons (Fsp3) is 0.643. The zero-order valence-electron chi connectivity index (χ0n) is 12.2. The molecule has 1 heterocycles. The van der Waals surface area contributed by atoms with Crippen LogP contribution in [0.4, 0.5) is 0 Å². The number of hydrogen-bond acceptors (Lipinski definition) is 3. The third kappa shape index (κ3) is 4.78. The Bertz CT molecular complexity index is 418. The van der Waals surface area contributed by atoms with E-state index in [0.717, 1.165) is 0 Å². The van der Waals surface area contributed by atoms with Gasteiger partial charge in [0.2, 0.25) is 5.91 Å². The molecule has 18 heavy (non-hydrogen) atoms. The van der Waals surface area contributed by atoms with Gasteiger partial charge in [-0.25, -0.2) is 0 Å². The lowest BCUT2D eigenvalue weighted by atomic mass is 10.1. The molecule has 0 aliphatic rings. The number of hydrogen-bond donors (Lipinski definition) is 2. The average molecular weight is 268 g/mol. The van der Waals surface area contributed by atoms with Crippen molar-refractivity contribution in [2.45, 2.75) is 53.1 Å². The van der Waals surface area contributed by atoms with E-state index < -0.39 is 0 Å². The van der Waals surface area contributed by atoms with E-state index in [1.807, 2.05) is 20.8 Å². The number of thiophene rings is 1. The topological polar surface area (TPSA) is 41.1 Å². The molecule has 0 aliphatic carbocycles. The first-order valence-electron chi connectivity index (χ1n) is 6.30. The summed E-state index contributed by atoms with van der Waals surface area (Å²) >= 11 is 1.80. The highest BCUT2D eigenvalue weighted by Crippen LogP contribution is 2.25. The van der Waals surface area contributed by atoms with E-state index in [4.69, 9.17) is 0 Å². The van der Waals surface area contributed by atoms with Crippen LogP contribution in [-0.2, 0) is 4.79 Å². The van der Waals surface area contributed by atoms with Crippen molar-refractivity contribution in [3.8, 4) is 0 Å². The molecule has 0 bridgehead atoms. The van der Waals surface area contributed by atoms with Crippen molar-refractivity contribution in [1.82, 2.24) is 10.6 Å². The van der Waals surface area contributed by atoms with Crippen LogP contribution in [0.15, 0.2) is 6.07 Å². The van der Waals surface area contributed by atoms with Gasteiger partial charge in [-0.2, -0.15) is 0 Å². The normalized spacial score (nSPS) is 13.4. The molecular formula is C14H24N2OS. The maximum Gasteiger partial charge on any atom is 0.234 e. The van der Waals surface area contributed by atoms with Crippen LogP contribution in [0.5, 0.6) is 0 Å². The van der Waals surface area contributed by atoms with Gasteiger partial charge in [-0.05, 0) is 53.2 Å². The first-order chi connectivity index (χ1) is 8.19. The molecule has 0 spiro atoms. The number of rotatable bonds is 4. The van der Waals surface area contributed by atoms with Crippen molar-refractivity contribution in [3.63, 3.8) is 0 Å². The fourth-order valence-corrected chi connectivity index (χ4v) is 2.92. The van der Waals surface area contributed by atoms with Crippen LogP contribution in [0.1, 0.15) is 49.1 Å². The van der Waals surface area contributed by atoms with Gasteiger partial charge in [-0.1, -0.05) is 0 Å². The molecule has 1 aromatic rings. The second-order valence-corrected chi connectivity index (χ2v) is 7.23. The van der Waals surface area contributed by atoms with Gasteiger partial charge in [0.25, 0.3) is 0 Å². The lowest BCUT2D eigenvalue weighted by Crippen LogP contribution is -2.45. The Morgan fingerprint density at radius 3 is 2.44 bits per heavy atom. The zero-order valence-corrected chi connectivity index (χ0v) is 13.0. The highest BCUT2D eigenvalue weighted by atomic mass is 32.1. The van der Waals surface area contributed by atoms with Crippen molar-refractivity contribution in [2.75, 3.05) is 6.54 Å². The third-order valence-electron chi connectivity index (χ3n) is 2.63. The summed E-state index contributed by atoms with van der Waals surface area (Å²) in [5, 5.41) is 6.22. The van der Waals surface area contributed by atoms with Crippen LogP contribution in [0.2, 0.25) is 0 Å². The first-order valence-corrected chi connectivity index (χ1v) is 7.12. The van der Waals surface area contributed by atoms with Crippen molar-refractivity contribution in [1.29, 1.82) is 0 Å². The Balaban J connectivity index is 2.49. The molecule has 4 heteroatoms. The highest BCUT2D eigenvalue weighted by Gasteiger charge is 2.15. The predicted octanol–water partition coefficient (Wildman–Crippen LogP) is 2.93. The summed E-state index contributed by atoms with van der Waals surface area (Å²) in [6.07, 6.45) is 0. The second kappa shape index (κ2) is 5.85. The van der Waals surface area contributed by atoms with Gasteiger partial charge in [-0.3, -0.25) is 4.79 Å². The minimum atomic E-state index is -0.170. The Labute approximate surface area is 114 Å². The van der Waals surface area contributed by atoms with Crippen LogP contribution in [0.3, 0.4) is 0 Å². The summed E-state index contributed by atoms with van der Waals surface area (Å²) < 4.78 is 0. The Hall–Kier alpha value is -0.870. The van der Waals surface area contributed by atoms with Crippen LogP contribution < -0.4 is 10.6 Å². The molecule has 0 saturated heterocycles. The maximum absolute atomic E-state index is 11.7. The van der Waals surface area contributed by atoms with E-state index in [1.165, 1.54) is 15.3 Å². The molecule has 0 radical (unpaired) electrons. The summed E-state index contributed by atoms with van der Waals surface area (Å²) in [6, 6.07) is 2.40. The summed E-state index contributed by atoms with van der Waals surface area (Å²) in [7, 11) is 0. The molecule has 1 rings (SSSR count). The lowest BCUT2D eigenvalue weighted by Gasteiger charge is -2.21. The Morgan fingerprint density at radius 1 is 1.39 bits per heavy atom. The lowest BCUT2D eigenvalue weighted by molar-refractivity contribution is -0.121. The van der Waals surface area contributed by atoms with Crippen molar-refractivity contribution in [3.05, 3.63) is 21.4 Å². The van der Waals surface area contributed by atoms with E-state index >= 15 is 0 Å². The molecule has 2 N–H and O–H groups in total. The molecule has 0 fully saturated rings. The first kappa shape index (κ1) is 15.2. The summed E-state index contributed by atoms with van der Waals surface area (Å²) in [6.45, 7) is 12.6. The summed E-state index contributed by atoms with van der Waals surface area (Å²) in [5.74, 6) is 0.0407. The number of nitrogens with one attached hydrogen (secondary N) is 2. The minimum Gasteiger partial charge on any atom is -0.350 e. The average Bonchev–Trinajstić information content (AvgIpc) is 2.52. The van der Waals surface area contributed by atoms with Gasteiger partial charge in [0.15, 0.2) is 0 Å². The SMILES string of the molecule is Cc1cc(C(C)NCC(=O)NC(C)(C)C)c(C)s1. The maximum atomic E-state index is 11.7. The van der Waals surface area contributed by atoms with Gasteiger partial charge in [0.05, 0.1) is 6.54 Å². The Morgan fingerprint density at radius 2 is 2.00 bits per heavy atom. The van der Waals surface area contributed by atoms with Crippen molar-refractivity contribution >= 4 is 17.2 Å². The van der Waals surface area contributed by atoms with Gasteiger partial charge in [0.1, 0.15) is 0 Å². The molecule has 3 nitrogen and oxygen atoms in total.